The van der Waals surface area contributed by atoms with Gasteiger partial charge in [-0.1, -0.05) is 56.3 Å². The molecule has 7 rings (SSSR count). The van der Waals surface area contributed by atoms with Crippen LogP contribution in [0.5, 0.6) is 0 Å². The molecule has 0 aliphatic heterocycles. The lowest BCUT2D eigenvalue weighted by Gasteiger charge is -2.00. The monoisotopic (exact) mass is 506 g/mol. The third kappa shape index (κ3) is 4.10. The van der Waals surface area contributed by atoms with Crippen molar-refractivity contribution in [3.8, 4) is 43.9 Å². The Morgan fingerprint density at radius 3 is 1.50 bits per heavy atom. The van der Waals surface area contributed by atoms with E-state index in [1.807, 2.05) is 68.4 Å². The van der Waals surface area contributed by atoms with E-state index >= 15 is 0 Å². The van der Waals surface area contributed by atoms with E-state index in [9.17, 15) is 0 Å². The van der Waals surface area contributed by atoms with Crippen molar-refractivity contribution in [2.24, 2.45) is 0 Å². The standard InChI is InChI=1S/C26H16N6S2.C2H6/c1-3-10-23-17(8-1)27-25(33-23)21-13-19(29-31-21)15-6-5-7-16(12-15)20-14-22(32-30-20)26-28-18-9-2-4-11-24(18)34-26;1-2/h1-14H,(H,29,31)(H,30,32);1-2H3. The Morgan fingerprint density at radius 1 is 0.556 bits per heavy atom. The van der Waals surface area contributed by atoms with Crippen molar-refractivity contribution in [3.05, 3.63) is 84.9 Å². The van der Waals surface area contributed by atoms with Crippen LogP contribution in [0.15, 0.2) is 84.9 Å². The molecule has 4 heterocycles. The summed E-state index contributed by atoms with van der Waals surface area (Å²) in [6.45, 7) is 4.00. The van der Waals surface area contributed by atoms with Crippen LogP contribution < -0.4 is 0 Å². The van der Waals surface area contributed by atoms with Gasteiger partial charge in [-0.2, -0.15) is 10.2 Å². The molecule has 2 N–H and O–H groups in total. The molecule has 0 aliphatic carbocycles. The molecule has 6 nitrogen and oxygen atoms in total. The van der Waals surface area contributed by atoms with Crippen molar-refractivity contribution in [2.75, 3.05) is 0 Å². The fraction of sp³-hybridized carbons (Fsp3) is 0.0714. The van der Waals surface area contributed by atoms with E-state index in [1.54, 1.807) is 22.7 Å². The van der Waals surface area contributed by atoms with Crippen molar-refractivity contribution in [1.82, 2.24) is 30.4 Å². The Kier molecular flexibility index (Phi) is 5.88. The second-order valence-corrected chi connectivity index (χ2v) is 9.95. The van der Waals surface area contributed by atoms with Gasteiger partial charge in [0.05, 0.1) is 43.2 Å². The fourth-order valence-corrected chi connectivity index (χ4v) is 5.83. The summed E-state index contributed by atoms with van der Waals surface area (Å²) in [5, 5.41) is 17.3. The second-order valence-electron chi connectivity index (χ2n) is 7.89. The maximum Gasteiger partial charge on any atom is 0.142 e. The summed E-state index contributed by atoms with van der Waals surface area (Å²) in [6, 6.07) is 28.7. The van der Waals surface area contributed by atoms with E-state index in [2.05, 4.69) is 50.7 Å². The second kappa shape index (κ2) is 9.49. The highest BCUT2D eigenvalue weighted by atomic mass is 32.1. The van der Waals surface area contributed by atoms with Gasteiger partial charge in [0.25, 0.3) is 0 Å². The number of benzene rings is 3. The summed E-state index contributed by atoms with van der Waals surface area (Å²) < 4.78 is 2.33. The van der Waals surface area contributed by atoms with Crippen LogP contribution in [0.4, 0.5) is 0 Å². The lowest BCUT2D eigenvalue weighted by atomic mass is 10.1. The highest BCUT2D eigenvalue weighted by Gasteiger charge is 2.13. The Hall–Kier alpha value is -4.14. The minimum absolute atomic E-state index is 0.873. The fourth-order valence-electron chi connectivity index (χ4n) is 3.97. The number of nitrogens with zero attached hydrogens (tertiary/aromatic N) is 4. The molecule has 4 aromatic heterocycles. The van der Waals surface area contributed by atoms with Crippen LogP contribution in [0.25, 0.3) is 64.4 Å². The van der Waals surface area contributed by atoms with Gasteiger partial charge >= 0.3 is 0 Å². The van der Waals surface area contributed by atoms with Crippen LogP contribution >= 0.6 is 22.7 Å². The molecule has 0 amide bonds. The molecule has 0 spiro atoms. The van der Waals surface area contributed by atoms with E-state index in [4.69, 9.17) is 9.97 Å². The summed E-state index contributed by atoms with van der Waals surface area (Å²) in [6.07, 6.45) is 0. The SMILES string of the molecule is CC.c1cc(-c2cc(-c3nc4ccccc4s3)[nH]n2)cc(-c2cc(-c3nc4ccccc4s3)[nH]n2)c1. The topological polar surface area (TPSA) is 83.1 Å². The number of aromatic nitrogens is 6. The smallest absolute Gasteiger partial charge is 0.142 e. The van der Waals surface area contributed by atoms with Crippen molar-refractivity contribution >= 4 is 43.1 Å². The maximum atomic E-state index is 4.73. The van der Waals surface area contributed by atoms with Gasteiger partial charge in [-0.05, 0) is 42.5 Å². The van der Waals surface area contributed by atoms with Gasteiger partial charge in [-0.3, -0.25) is 10.2 Å². The molecule has 0 radical (unpaired) electrons. The average molecular weight is 507 g/mol. The van der Waals surface area contributed by atoms with E-state index in [1.165, 1.54) is 0 Å². The first-order valence-electron chi connectivity index (χ1n) is 11.7. The average Bonchev–Trinajstić information content (AvgIpc) is 3.74. The molecule has 0 atom stereocenters. The lowest BCUT2D eigenvalue weighted by molar-refractivity contribution is 1.09. The predicted octanol–water partition coefficient (Wildman–Crippen LogP) is 8.05. The number of hydrogen-bond donors (Lipinski definition) is 2. The largest absolute Gasteiger partial charge is 0.275 e. The molecular formula is C28H22N6S2. The number of H-pyrrole nitrogens is 2. The van der Waals surface area contributed by atoms with Crippen LogP contribution in [0.2, 0.25) is 0 Å². The van der Waals surface area contributed by atoms with Gasteiger partial charge in [-0.15, -0.1) is 22.7 Å². The molecule has 0 bridgehead atoms. The summed E-state index contributed by atoms with van der Waals surface area (Å²) in [5.74, 6) is 0. The minimum Gasteiger partial charge on any atom is -0.275 e. The molecule has 7 aromatic rings. The number of fused-ring (bicyclic) bond motifs is 2. The summed E-state index contributed by atoms with van der Waals surface area (Å²) >= 11 is 3.32. The number of aromatic amines is 2. The van der Waals surface area contributed by atoms with Crippen molar-refractivity contribution < 1.29 is 0 Å². The van der Waals surface area contributed by atoms with Crippen molar-refractivity contribution in [1.29, 1.82) is 0 Å². The lowest BCUT2D eigenvalue weighted by Crippen LogP contribution is -1.82. The summed E-state index contributed by atoms with van der Waals surface area (Å²) in [7, 11) is 0. The summed E-state index contributed by atoms with van der Waals surface area (Å²) in [5.41, 5.74) is 7.62. The predicted molar refractivity (Wildman–Crippen MR) is 150 cm³/mol. The van der Waals surface area contributed by atoms with Crippen LogP contribution in [0.1, 0.15) is 13.8 Å². The molecule has 8 heteroatoms. The van der Waals surface area contributed by atoms with Crippen molar-refractivity contribution in [2.45, 2.75) is 13.8 Å². The zero-order valence-electron chi connectivity index (χ0n) is 19.7. The van der Waals surface area contributed by atoms with Gasteiger partial charge in [0, 0.05) is 11.1 Å². The van der Waals surface area contributed by atoms with Crippen LogP contribution in [-0.4, -0.2) is 30.4 Å². The maximum absolute atomic E-state index is 4.73. The quantitative estimate of drug-likeness (QED) is 0.253. The van der Waals surface area contributed by atoms with Gasteiger partial charge in [-0.25, -0.2) is 9.97 Å². The van der Waals surface area contributed by atoms with Gasteiger partial charge in [0.2, 0.25) is 0 Å². The zero-order chi connectivity index (χ0) is 24.5. The highest BCUT2D eigenvalue weighted by Crippen LogP contribution is 2.33. The molecule has 0 fully saturated rings. The first kappa shape index (κ1) is 22.3. The molecular weight excluding hydrogens is 484 g/mol. The molecule has 36 heavy (non-hydrogen) atoms. The first-order chi connectivity index (χ1) is 17.8. The van der Waals surface area contributed by atoms with E-state index in [-0.39, 0.29) is 0 Å². The van der Waals surface area contributed by atoms with Crippen LogP contribution in [0.3, 0.4) is 0 Å². The van der Waals surface area contributed by atoms with E-state index in [0.29, 0.717) is 0 Å². The van der Waals surface area contributed by atoms with Crippen LogP contribution in [0, 0.1) is 0 Å². The first-order valence-corrected chi connectivity index (χ1v) is 13.4. The normalized spacial score (nSPS) is 11.1. The molecule has 0 unspecified atom stereocenters. The Labute approximate surface area is 215 Å². The third-order valence-electron chi connectivity index (χ3n) is 5.66. The van der Waals surface area contributed by atoms with Crippen molar-refractivity contribution in [3.63, 3.8) is 0 Å². The van der Waals surface area contributed by atoms with E-state index < -0.39 is 0 Å². The van der Waals surface area contributed by atoms with Gasteiger partial charge < -0.3 is 0 Å². The molecule has 3 aromatic carbocycles. The number of thiazole rings is 2. The number of nitrogens with one attached hydrogen (secondary N) is 2. The zero-order valence-corrected chi connectivity index (χ0v) is 21.3. The Balaban J connectivity index is 0.00000117. The Bertz CT molecular complexity index is 1590. The minimum atomic E-state index is 0.873. The Morgan fingerprint density at radius 2 is 1.03 bits per heavy atom. The molecule has 176 valence electrons. The number of rotatable bonds is 4. The van der Waals surface area contributed by atoms with Crippen LogP contribution in [-0.2, 0) is 0 Å². The molecule has 0 saturated carbocycles. The van der Waals surface area contributed by atoms with Gasteiger partial charge in [0.15, 0.2) is 0 Å². The number of para-hydroxylation sites is 2. The highest BCUT2D eigenvalue weighted by molar-refractivity contribution is 7.22. The summed E-state index contributed by atoms with van der Waals surface area (Å²) in [4.78, 5) is 9.46. The third-order valence-corrected chi connectivity index (χ3v) is 7.80. The van der Waals surface area contributed by atoms with E-state index in [0.717, 1.165) is 64.4 Å². The molecule has 0 aliphatic rings. The van der Waals surface area contributed by atoms with Gasteiger partial charge in [0.1, 0.15) is 10.0 Å². The number of hydrogen-bond acceptors (Lipinski definition) is 6. The molecule has 0 saturated heterocycles.